The number of anilines is 1. The maximum atomic E-state index is 9.15. The van der Waals surface area contributed by atoms with E-state index in [1.165, 1.54) is 0 Å². The topological polar surface area (TPSA) is 47.3 Å². The molecule has 16 heavy (non-hydrogen) atoms. The zero-order valence-corrected chi connectivity index (χ0v) is 10.4. The molecular formula is C12H13BrN2O. The van der Waals surface area contributed by atoms with Crippen LogP contribution >= 0.6 is 15.9 Å². The summed E-state index contributed by atoms with van der Waals surface area (Å²) in [7, 11) is 0. The summed E-state index contributed by atoms with van der Waals surface area (Å²) >= 11 is 3.38. The quantitative estimate of drug-likeness (QED) is 0.921. The van der Waals surface area contributed by atoms with Gasteiger partial charge in [-0.3, -0.25) is 0 Å². The Bertz CT molecular complexity index is 424. The molecular weight excluding hydrogens is 268 g/mol. The highest BCUT2D eigenvalue weighted by atomic mass is 79.9. The minimum Gasteiger partial charge on any atom is -0.395 e. The number of benzene rings is 1. The first-order chi connectivity index (χ1) is 7.77. The van der Waals surface area contributed by atoms with Gasteiger partial charge in [-0.15, -0.1) is 0 Å². The third-order valence-corrected chi connectivity index (χ3v) is 3.40. The molecule has 3 nitrogen and oxygen atoms in total. The van der Waals surface area contributed by atoms with E-state index in [1.807, 2.05) is 18.2 Å². The fourth-order valence-corrected chi connectivity index (χ4v) is 2.30. The number of aliphatic hydroxyl groups excluding tert-OH is 1. The highest BCUT2D eigenvalue weighted by molar-refractivity contribution is 9.10. The number of hydrogen-bond acceptors (Lipinski definition) is 3. The second-order valence-corrected chi connectivity index (χ2v) is 4.75. The van der Waals surface area contributed by atoms with Gasteiger partial charge in [0, 0.05) is 17.1 Å². The first-order valence-corrected chi connectivity index (χ1v) is 6.13. The van der Waals surface area contributed by atoms with Gasteiger partial charge in [0.25, 0.3) is 0 Å². The SMILES string of the molecule is N#Cc1c(Br)cccc1N(CCO)C1CC1. The summed E-state index contributed by atoms with van der Waals surface area (Å²) in [4.78, 5) is 2.13. The average Bonchev–Trinajstić information content (AvgIpc) is 3.09. The lowest BCUT2D eigenvalue weighted by atomic mass is 10.1. The van der Waals surface area contributed by atoms with Crippen molar-refractivity contribution in [2.24, 2.45) is 0 Å². The smallest absolute Gasteiger partial charge is 0.103 e. The molecule has 1 aromatic rings. The third-order valence-electron chi connectivity index (χ3n) is 2.74. The molecule has 84 valence electrons. The lowest BCUT2D eigenvalue weighted by Gasteiger charge is -2.25. The molecule has 0 unspecified atom stereocenters. The molecule has 1 saturated carbocycles. The summed E-state index contributed by atoms with van der Waals surface area (Å²) in [6.07, 6.45) is 2.30. The van der Waals surface area contributed by atoms with E-state index < -0.39 is 0 Å². The van der Waals surface area contributed by atoms with E-state index in [-0.39, 0.29) is 6.61 Å². The van der Waals surface area contributed by atoms with Crippen molar-refractivity contribution in [3.05, 3.63) is 28.2 Å². The maximum Gasteiger partial charge on any atom is 0.103 e. The average molecular weight is 281 g/mol. The van der Waals surface area contributed by atoms with Crippen molar-refractivity contribution in [2.75, 3.05) is 18.1 Å². The van der Waals surface area contributed by atoms with Crippen molar-refractivity contribution in [3.8, 4) is 6.07 Å². The molecule has 1 aliphatic rings. The van der Waals surface area contributed by atoms with Gasteiger partial charge in [-0.2, -0.15) is 5.26 Å². The van der Waals surface area contributed by atoms with Gasteiger partial charge in [0.2, 0.25) is 0 Å². The fraction of sp³-hybridized carbons (Fsp3) is 0.417. The van der Waals surface area contributed by atoms with Gasteiger partial charge in [0.05, 0.1) is 17.9 Å². The van der Waals surface area contributed by atoms with Gasteiger partial charge >= 0.3 is 0 Å². The molecule has 0 amide bonds. The van der Waals surface area contributed by atoms with Gasteiger partial charge in [-0.1, -0.05) is 6.07 Å². The van der Waals surface area contributed by atoms with Crippen LogP contribution in [0.1, 0.15) is 18.4 Å². The molecule has 1 N–H and O–H groups in total. The van der Waals surface area contributed by atoms with Crippen LogP contribution in [0.25, 0.3) is 0 Å². The molecule has 0 spiro atoms. The molecule has 0 atom stereocenters. The minimum absolute atomic E-state index is 0.119. The molecule has 1 aromatic carbocycles. The van der Waals surface area contributed by atoms with Gasteiger partial charge in [0.15, 0.2) is 0 Å². The Kier molecular flexibility index (Phi) is 3.47. The largest absolute Gasteiger partial charge is 0.395 e. The van der Waals surface area contributed by atoms with Crippen molar-refractivity contribution in [1.29, 1.82) is 5.26 Å². The number of nitriles is 1. The number of hydrogen-bond donors (Lipinski definition) is 1. The molecule has 0 aliphatic heterocycles. The maximum absolute atomic E-state index is 9.15. The van der Waals surface area contributed by atoms with E-state index in [4.69, 9.17) is 10.4 Å². The highest BCUT2D eigenvalue weighted by Gasteiger charge is 2.30. The number of aliphatic hydroxyl groups is 1. The summed E-state index contributed by atoms with van der Waals surface area (Å²) in [6.45, 7) is 0.712. The summed E-state index contributed by atoms with van der Waals surface area (Å²) in [5.41, 5.74) is 1.58. The monoisotopic (exact) mass is 280 g/mol. The summed E-state index contributed by atoms with van der Waals surface area (Å²) < 4.78 is 0.816. The molecule has 0 aromatic heterocycles. The fourth-order valence-electron chi connectivity index (χ4n) is 1.86. The van der Waals surface area contributed by atoms with E-state index in [0.717, 1.165) is 23.0 Å². The predicted octanol–water partition coefficient (Wildman–Crippen LogP) is 2.28. The van der Waals surface area contributed by atoms with Crippen molar-refractivity contribution < 1.29 is 5.11 Å². The highest BCUT2D eigenvalue weighted by Crippen LogP contribution is 2.35. The van der Waals surface area contributed by atoms with E-state index in [1.54, 1.807) is 0 Å². The zero-order chi connectivity index (χ0) is 11.5. The van der Waals surface area contributed by atoms with Crippen LogP contribution in [0.3, 0.4) is 0 Å². The Balaban J connectivity index is 2.37. The molecule has 0 radical (unpaired) electrons. The third kappa shape index (κ3) is 2.21. The second-order valence-electron chi connectivity index (χ2n) is 3.89. The van der Waals surface area contributed by atoms with Crippen molar-refractivity contribution in [1.82, 2.24) is 0 Å². The molecule has 1 fully saturated rings. The number of nitrogens with zero attached hydrogens (tertiary/aromatic N) is 2. The van der Waals surface area contributed by atoms with Crippen LogP contribution in [0.5, 0.6) is 0 Å². The number of rotatable bonds is 4. The molecule has 0 bridgehead atoms. The van der Waals surface area contributed by atoms with Crippen LogP contribution in [0.15, 0.2) is 22.7 Å². The van der Waals surface area contributed by atoms with Crippen LogP contribution in [0.4, 0.5) is 5.69 Å². The molecule has 1 aliphatic carbocycles. The lowest BCUT2D eigenvalue weighted by Crippen LogP contribution is -2.29. The Morgan fingerprint density at radius 1 is 1.50 bits per heavy atom. The first kappa shape index (κ1) is 11.4. The molecule has 0 saturated heterocycles. The summed E-state index contributed by atoms with van der Waals surface area (Å²) in [6, 6.07) is 8.44. The van der Waals surface area contributed by atoms with E-state index >= 15 is 0 Å². The van der Waals surface area contributed by atoms with Crippen molar-refractivity contribution >= 4 is 21.6 Å². The number of halogens is 1. The van der Waals surface area contributed by atoms with Crippen LogP contribution in [0, 0.1) is 11.3 Å². The second kappa shape index (κ2) is 4.86. The molecule has 2 rings (SSSR count). The van der Waals surface area contributed by atoms with Crippen molar-refractivity contribution in [3.63, 3.8) is 0 Å². The van der Waals surface area contributed by atoms with E-state index in [0.29, 0.717) is 18.2 Å². The van der Waals surface area contributed by atoms with Crippen LogP contribution < -0.4 is 4.90 Å². The lowest BCUT2D eigenvalue weighted by molar-refractivity contribution is 0.301. The Morgan fingerprint density at radius 2 is 2.25 bits per heavy atom. The standard InChI is InChI=1S/C12H13BrN2O/c13-11-2-1-3-12(10(11)8-14)15(6-7-16)9-4-5-9/h1-3,9,16H,4-7H2. The van der Waals surface area contributed by atoms with E-state index in [2.05, 4.69) is 26.9 Å². The summed E-state index contributed by atoms with van der Waals surface area (Å²) in [5, 5.41) is 18.2. The molecule has 4 heteroatoms. The minimum atomic E-state index is 0.119. The van der Waals surface area contributed by atoms with E-state index in [9.17, 15) is 0 Å². The van der Waals surface area contributed by atoms with Crippen LogP contribution in [-0.4, -0.2) is 24.3 Å². The normalized spacial score (nSPS) is 14.6. The van der Waals surface area contributed by atoms with Crippen molar-refractivity contribution in [2.45, 2.75) is 18.9 Å². The first-order valence-electron chi connectivity index (χ1n) is 5.34. The van der Waals surface area contributed by atoms with Crippen LogP contribution in [0.2, 0.25) is 0 Å². The van der Waals surface area contributed by atoms with Gasteiger partial charge in [-0.25, -0.2) is 0 Å². The van der Waals surface area contributed by atoms with Crippen LogP contribution in [-0.2, 0) is 0 Å². The van der Waals surface area contributed by atoms with Gasteiger partial charge in [-0.05, 0) is 40.9 Å². The summed E-state index contributed by atoms with van der Waals surface area (Å²) in [5.74, 6) is 0. The van der Waals surface area contributed by atoms with Gasteiger partial charge < -0.3 is 10.0 Å². The Hall–Kier alpha value is -1.05. The zero-order valence-electron chi connectivity index (χ0n) is 8.86. The Morgan fingerprint density at radius 3 is 2.81 bits per heavy atom. The van der Waals surface area contributed by atoms with Gasteiger partial charge in [0.1, 0.15) is 6.07 Å². The Labute approximate surface area is 103 Å². The molecule has 0 heterocycles. The predicted molar refractivity (Wildman–Crippen MR) is 66.3 cm³/mol.